The van der Waals surface area contributed by atoms with Crippen LogP contribution in [0.1, 0.15) is 25.5 Å². The Hall–Kier alpha value is -1.09. The van der Waals surface area contributed by atoms with Gasteiger partial charge in [-0.15, -0.1) is 0 Å². The van der Waals surface area contributed by atoms with Gasteiger partial charge in [0.25, 0.3) is 0 Å². The van der Waals surface area contributed by atoms with Gasteiger partial charge in [0.2, 0.25) is 0 Å². The summed E-state index contributed by atoms with van der Waals surface area (Å²) in [7, 11) is 1.84. The molecule has 1 unspecified atom stereocenters. The third-order valence-electron chi connectivity index (χ3n) is 2.17. The molecule has 1 aromatic carbocycles. The van der Waals surface area contributed by atoms with E-state index in [1.54, 1.807) is 6.07 Å². The molecule has 2 nitrogen and oxygen atoms in total. The standard InChI is InChI=1S/C11H16FNO/c1-4-14-11-6-5-9(12)7-10(11)8(2)13-3/h5-8,13H,4H2,1-3H3. The quantitative estimate of drug-likeness (QED) is 0.800. The molecule has 0 fully saturated rings. The molecule has 78 valence electrons. The third kappa shape index (κ3) is 2.45. The minimum absolute atomic E-state index is 0.0900. The third-order valence-corrected chi connectivity index (χ3v) is 2.17. The molecule has 1 aromatic rings. The Bertz CT molecular complexity index is 301. The SMILES string of the molecule is CCOc1ccc(F)cc1C(C)NC. The van der Waals surface area contributed by atoms with Crippen molar-refractivity contribution in [3.05, 3.63) is 29.6 Å². The number of halogens is 1. The summed E-state index contributed by atoms with van der Waals surface area (Å²) in [5, 5.41) is 3.06. The lowest BCUT2D eigenvalue weighted by Gasteiger charge is -2.15. The average Bonchev–Trinajstić information content (AvgIpc) is 2.20. The van der Waals surface area contributed by atoms with Crippen molar-refractivity contribution in [2.45, 2.75) is 19.9 Å². The Labute approximate surface area is 84.1 Å². The molecule has 0 spiro atoms. The molecular weight excluding hydrogens is 181 g/mol. The molecule has 0 aliphatic heterocycles. The minimum atomic E-state index is -0.231. The highest BCUT2D eigenvalue weighted by Crippen LogP contribution is 2.25. The van der Waals surface area contributed by atoms with Gasteiger partial charge in [-0.05, 0) is 39.1 Å². The van der Waals surface area contributed by atoms with Gasteiger partial charge in [-0.2, -0.15) is 0 Å². The first kappa shape index (κ1) is 11.0. The van der Waals surface area contributed by atoms with Gasteiger partial charge in [0.15, 0.2) is 0 Å². The molecular formula is C11H16FNO. The van der Waals surface area contributed by atoms with Crippen LogP contribution in [0.15, 0.2) is 18.2 Å². The predicted molar refractivity (Wildman–Crippen MR) is 55.0 cm³/mol. The Balaban J connectivity index is 3.02. The highest BCUT2D eigenvalue weighted by atomic mass is 19.1. The number of nitrogens with one attached hydrogen (secondary N) is 1. The Morgan fingerprint density at radius 3 is 2.79 bits per heavy atom. The lowest BCUT2D eigenvalue weighted by atomic mass is 10.1. The highest BCUT2D eigenvalue weighted by molar-refractivity contribution is 5.36. The molecule has 0 saturated carbocycles. The largest absolute Gasteiger partial charge is 0.494 e. The molecule has 0 aromatic heterocycles. The first-order valence-corrected chi connectivity index (χ1v) is 4.78. The summed E-state index contributed by atoms with van der Waals surface area (Å²) in [4.78, 5) is 0. The van der Waals surface area contributed by atoms with Crippen LogP contribution in [-0.4, -0.2) is 13.7 Å². The second-order valence-electron chi connectivity index (χ2n) is 3.13. The average molecular weight is 197 g/mol. The van der Waals surface area contributed by atoms with Crippen LogP contribution in [0.3, 0.4) is 0 Å². The van der Waals surface area contributed by atoms with Crippen molar-refractivity contribution in [2.75, 3.05) is 13.7 Å². The maximum atomic E-state index is 13.0. The fourth-order valence-electron chi connectivity index (χ4n) is 1.30. The summed E-state index contributed by atoms with van der Waals surface area (Å²) >= 11 is 0. The fraction of sp³-hybridized carbons (Fsp3) is 0.455. The second-order valence-corrected chi connectivity index (χ2v) is 3.13. The van der Waals surface area contributed by atoms with Gasteiger partial charge in [0, 0.05) is 11.6 Å². The van der Waals surface area contributed by atoms with E-state index in [4.69, 9.17) is 4.74 Å². The van der Waals surface area contributed by atoms with Gasteiger partial charge >= 0.3 is 0 Å². The Morgan fingerprint density at radius 1 is 1.50 bits per heavy atom. The molecule has 0 aliphatic rings. The molecule has 0 radical (unpaired) electrons. The smallest absolute Gasteiger partial charge is 0.124 e. The van der Waals surface area contributed by atoms with Crippen molar-refractivity contribution >= 4 is 0 Å². The molecule has 14 heavy (non-hydrogen) atoms. The normalized spacial score (nSPS) is 12.6. The zero-order chi connectivity index (χ0) is 10.6. The highest BCUT2D eigenvalue weighted by Gasteiger charge is 2.10. The monoisotopic (exact) mass is 197 g/mol. The van der Waals surface area contributed by atoms with Gasteiger partial charge in [-0.3, -0.25) is 0 Å². The number of rotatable bonds is 4. The van der Waals surface area contributed by atoms with Gasteiger partial charge in [-0.25, -0.2) is 4.39 Å². The minimum Gasteiger partial charge on any atom is -0.494 e. The van der Waals surface area contributed by atoms with Crippen molar-refractivity contribution in [1.82, 2.24) is 5.32 Å². The van der Waals surface area contributed by atoms with E-state index in [0.717, 1.165) is 11.3 Å². The lowest BCUT2D eigenvalue weighted by molar-refractivity contribution is 0.332. The van der Waals surface area contributed by atoms with Gasteiger partial charge < -0.3 is 10.1 Å². The lowest BCUT2D eigenvalue weighted by Crippen LogP contribution is -2.14. The molecule has 1 rings (SSSR count). The molecule has 1 N–H and O–H groups in total. The van der Waals surface area contributed by atoms with E-state index >= 15 is 0 Å². The molecule has 0 heterocycles. The first-order chi connectivity index (χ1) is 6.69. The van der Waals surface area contributed by atoms with Crippen molar-refractivity contribution in [3.63, 3.8) is 0 Å². The first-order valence-electron chi connectivity index (χ1n) is 4.78. The second kappa shape index (κ2) is 4.96. The predicted octanol–water partition coefficient (Wildman–Crippen LogP) is 2.50. The van der Waals surface area contributed by atoms with Crippen molar-refractivity contribution in [1.29, 1.82) is 0 Å². The summed E-state index contributed by atoms with van der Waals surface area (Å²) in [6, 6.07) is 4.68. The number of benzene rings is 1. The summed E-state index contributed by atoms with van der Waals surface area (Å²) in [6.45, 7) is 4.48. The van der Waals surface area contributed by atoms with Gasteiger partial charge in [0.1, 0.15) is 11.6 Å². The van der Waals surface area contributed by atoms with Crippen molar-refractivity contribution < 1.29 is 9.13 Å². The maximum absolute atomic E-state index is 13.0. The molecule has 1 atom stereocenters. The number of hydrogen-bond donors (Lipinski definition) is 1. The van der Waals surface area contributed by atoms with E-state index in [2.05, 4.69) is 5.32 Å². The van der Waals surface area contributed by atoms with Crippen LogP contribution in [0.2, 0.25) is 0 Å². The fourth-order valence-corrected chi connectivity index (χ4v) is 1.30. The molecule has 0 bridgehead atoms. The van der Waals surface area contributed by atoms with Gasteiger partial charge in [-0.1, -0.05) is 0 Å². The zero-order valence-corrected chi connectivity index (χ0v) is 8.80. The Morgan fingerprint density at radius 2 is 2.21 bits per heavy atom. The molecule has 3 heteroatoms. The van der Waals surface area contributed by atoms with E-state index in [1.165, 1.54) is 12.1 Å². The van der Waals surface area contributed by atoms with E-state index in [0.29, 0.717) is 6.61 Å². The molecule has 0 amide bonds. The molecule has 0 aliphatic carbocycles. The molecule has 0 saturated heterocycles. The van der Waals surface area contributed by atoms with E-state index in [9.17, 15) is 4.39 Å². The van der Waals surface area contributed by atoms with Gasteiger partial charge in [0.05, 0.1) is 6.61 Å². The zero-order valence-electron chi connectivity index (χ0n) is 8.80. The van der Waals surface area contributed by atoms with Crippen LogP contribution >= 0.6 is 0 Å². The van der Waals surface area contributed by atoms with Crippen LogP contribution in [0, 0.1) is 5.82 Å². The van der Waals surface area contributed by atoms with Crippen LogP contribution in [0.5, 0.6) is 5.75 Å². The van der Waals surface area contributed by atoms with E-state index in [1.807, 2.05) is 20.9 Å². The van der Waals surface area contributed by atoms with Crippen LogP contribution in [-0.2, 0) is 0 Å². The van der Waals surface area contributed by atoms with Crippen LogP contribution in [0.25, 0.3) is 0 Å². The Kier molecular flexibility index (Phi) is 3.89. The number of hydrogen-bond acceptors (Lipinski definition) is 2. The summed E-state index contributed by atoms with van der Waals surface area (Å²) in [6.07, 6.45) is 0. The van der Waals surface area contributed by atoms with Crippen LogP contribution < -0.4 is 10.1 Å². The van der Waals surface area contributed by atoms with Crippen LogP contribution in [0.4, 0.5) is 4.39 Å². The maximum Gasteiger partial charge on any atom is 0.124 e. The van der Waals surface area contributed by atoms with Crippen molar-refractivity contribution in [2.24, 2.45) is 0 Å². The topological polar surface area (TPSA) is 21.3 Å². The summed E-state index contributed by atoms with van der Waals surface area (Å²) in [5.74, 6) is 0.515. The summed E-state index contributed by atoms with van der Waals surface area (Å²) < 4.78 is 18.4. The summed E-state index contributed by atoms with van der Waals surface area (Å²) in [5.41, 5.74) is 0.856. The van der Waals surface area contributed by atoms with E-state index < -0.39 is 0 Å². The van der Waals surface area contributed by atoms with E-state index in [-0.39, 0.29) is 11.9 Å². The van der Waals surface area contributed by atoms with Crippen molar-refractivity contribution in [3.8, 4) is 5.75 Å². The number of ether oxygens (including phenoxy) is 1.